The topological polar surface area (TPSA) is 78.0 Å². The van der Waals surface area contributed by atoms with Crippen molar-refractivity contribution >= 4 is 17.4 Å². The monoisotopic (exact) mass is 391 g/mol. The summed E-state index contributed by atoms with van der Waals surface area (Å²) in [6, 6.07) is 17.3. The molecule has 7 nitrogen and oxygen atoms in total. The van der Waals surface area contributed by atoms with Crippen molar-refractivity contribution in [3.63, 3.8) is 0 Å². The zero-order valence-corrected chi connectivity index (χ0v) is 16.0. The van der Waals surface area contributed by atoms with Crippen LogP contribution < -0.4 is 10.1 Å². The number of imidazole rings is 1. The number of ether oxygens (including phenoxy) is 2. The van der Waals surface area contributed by atoms with Gasteiger partial charge < -0.3 is 19.2 Å². The summed E-state index contributed by atoms with van der Waals surface area (Å²) in [6.45, 7) is 2.55. The van der Waals surface area contributed by atoms with E-state index in [1.165, 1.54) is 0 Å². The van der Waals surface area contributed by atoms with Gasteiger partial charge in [-0.25, -0.2) is 4.98 Å². The van der Waals surface area contributed by atoms with E-state index >= 15 is 0 Å². The van der Waals surface area contributed by atoms with Crippen molar-refractivity contribution < 1.29 is 18.7 Å². The molecule has 0 fully saturated rings. The molecule has 0 atom stereocenters. The molecular weight excluding hydrogens is 370 g/mol. The number of hydrogen-bond acceptors (Lipinski definition) is 6. The van der Waals surface area contributed by atoms with Crippen LogP contribution in [0, 0.1) is 0 Å². The Morgan fingerprint density at radius 3 is 2.76 bits per heavy atom. The predicted molar refractivity (Wildman–Crippen MR) is 109 cm³/mol. The Morgan fingerprint density at radius 1 is 1.14 bits per heavy atom. The van der Waals surface area contributed by atoms with Gasteiger partial charge in [0.2, 0.25) is 0 Å². The number of anilines is 1. The van der Waals surface area contributed by atoms with Crippen LogP contribution in [0.15, 0.2) is 71.5 Å². The molecule has 4 aromatic rings. The van der Waals surface area contributed by atoms with E-state index in [1.807, 2.05) is 59.1 Å². The fourth-order valence-electron chi connectivity index (χ4n) is 3.01. The molecule has 29 heavy (non-hydrogen) atoms. The molecule has 0 spiro atoms. The van der Waals surface area contributed by atoms with E-state index in [2.05, 4.69) is 5.32 Å². The molecular formula is C22H21N3O4. The second kappa shape index (κ2) is 8.52. The van der Waals surface area contributed by atoms with Crippen LogP contribution in [0.5, 0.6) is 5.75 Å². The molecule has 7 heteroatoms. The van der Waals surface area contributed by atoms with Gasteiger partial charge in [-0.3, -0.25) is 9.20 Å². The third-order valence-electron chi connectivity index (χ3n) is 4.31. The molecule has 0 radical (unpaired) electrons. The van der Waals surface area contributed by atoms with Gasteiger partial charge in [-0.1, -0.05) is 30.3 Å². The molecule has 0 unspecified atom stereocenters. The number of pyridine rings is 1. The van der Waals surface area contributed by atoms with Gasteiger partial charge in [0.15, 0.2) is 17.2 Å². The molecule has 0 aliphatic heterocycles. The van der Waals surface area contributed by atoms with Gasteiger partial charge in [-0.2, -0.15) is 0 Å². The molecule has 4 rings (SSSR count). The number of carbonyl (C=O) groups excluding carboxylic acids is 1. The van der Waals surface area contributed by atoms with Crippen molar-refractivity contribution in [2.45, 2.75) is 13.5 Å². The molecule has 0 saturated carbocycles. The molecule has 0 aliphatic carbocycles. The third-order valence-corrected chi connectivity index (χ3v) is 4.31. The first-order valence-electron chi connectivity index (χ1n) is 9.37. The number of nitrogens with one attached hydrogen (secondary N) is 1. The normalized spacial score (nSPS) is 10.8. The highest BCUT2D eigenvalue weighted by Crippen LogP contribution is 2.32. The first-order chi connectivity index (χ1) is 14.3. The lowest BCUT2D eigenvalue weighted by Gasteiger charge is -2.09. The standard InChI is InChI=1S/C22H21N3O4/c1-2-27-19(26)14-23-22-20(17-11-7-13-28-17)24-21-18(10-6-12-25(21)22)29-15-16-8-4-3-5-9-16/h3-13,23H,2,14-15H2,1H3. The molecule has 0 saturated heterocycles. The largest absolute Gasteiger partial charge is 0.485 e. The van der Waals surface area contributed by atoms with Gasteiger partial charge in [-0.15, -0.1) is 0 Å². The minimum absolute atomic E-state index is 0.0183. The van der Waals surface area contributed by atoms with Crippen LogP contribution in [0.2, 0.25) is 0 Å². The van der Waals surface area contributed by atoms with Crippen LogP contribution in [0.25, 0.3) is 17.1 Å². The van der Waals surface area contributed by atoms with E-state index in [1.54, 1.807) is 19.3 Å². The predicted octanol–water partition coefficient (Wildman–Crippen LogP) is 4.15. The molecule has 148 valence electrons. The number of furan rings is 1. The number of aromatic nitrogens is 2. The zero-order chi connectivity index (χ0) is 20.1. The maximum atomic E-state index is 11.8. The highest BCUT2D eigenvalue weighted by molar-refractivity contribution is 5.80. The Bertz CT molecular complexity index is 1090. The second-order valence-corrected chi connectivity index (χ2v) is 6.29. The number of esters is 1. The van der Waals surface area contributed by atoms with Crippen molar-refractivity contribution in [2.75, 3.05) is 18.5 Å². The lowest BCUT2D eigenvalue weighted by Crippen LogP contribution is -2.17. The van der Waals surface area contributed by atoms with Crippen molar-refractivity contribution in [3.05, 3.63) is 72.6 Å². The van der Waals surface area contributed by atoms with Crippen LogP contribution in [0.1, 0.15) is 12.5 Å². The van der Waals surface area contributed by atoms with Crippen LogP contribution in [-0.2, 0) is 16.1 Å². The Morgan fingerprint density at radius 2 is 2.00 bits per heavy atom. The van der Waals surface area contributed by atoms with Gasteiger partial charge in [0, 0.05) is 6.20 Å². The van der Waals surface area contributed by atoms with E-state index < -0.39 is 0 Å². The summed E-state index contributed by atoms with van der Waals surface area (Å²) in [5.74, 6) is 1.51. The number of benzene rings is 1. The number of carbonyl (C=O) groups is 1. The lowest BCUT2D eigenvalue weighted by atomic mass is 10.2. The summed E-state index contributed by atoms with van der Waals surface area (Å²) in [7, 11) is 0. The first kappa shape index (κ1) is 18.6. The average Bonchev–Trinajstić information content (AvgIpc) is 3.39. The molecule has 0 bridgehead atoms. The lowest BCUT2D eigenvalue weighted by molar-refractivity contribution is -0.140. The summed E-state index contributed by atoms with van der Waals surface area (Å²) in [5, 5.41) is 3.12. The smallest absolute Gasteiger partial charge is 0.325 e. The Hall–Kier alpha value is -3.74. The molecule has 1 N–H and O–H groups in total. The van der Waals surface area contributed by atoms with Crippen molar-refractivity contribution in [1.82, 2.24) is 9.38 Å². The zero-order valence-electron chi connectivity index (χ0n) is 16.0. The second-order valence-electron chi connectivity index (χ2n) is 6.29. The fraction of sp³-hybridized carbons (Fsp3) is 0.182. The maximum Gasteiger partial charge on any atom is 0.325 e. The average molecular weight is 391 g/mol. The molecule has 0 amide bonds. The fourth-order valence-corrected chi connectivity index (χ4v) is 3.01. The highest BCUT2D eigenvalue weighted by Gasteiger charge is 2.19. The van der Waals surface area contributed by atoms with Gasteiger partial charge in [-0.05, 0) is 36.8 Å². The Balaban J connectivity index is 1.68. The SMILES string of the molecule is CCOC(=O)CNc1c(-c2ccco2)nc2c(OCc3ccccc3)cccn12. The summed E-state index contributed by atoms with van der Waals surface area (Å²) < 4.78 is 18.4. The van der Waals surface area contributed by atoms with Crippen molar-refractivity contribution in [2.24, 2.45) is 0 Å². The van der Waals surface area contributed by atoms with Crippen LogP contribution in [-0.4, -0.2) is 28.5 Å². The Labute approximate surface area is 167 Å². The Kier molecular flexibility index (Phi) is 5.47. The van der Waals surface area contributed by atoms with E-state index in [0.717, 1.165) is 5.56 Å². The van der Waals surface area contributed by atoms with Crippen LogP contribution >= 0.6 is 0 Å². The van der Waals surface area contributed by atoms with Crippen molar-refractivity contribution in [3.8, 4) is 17.2 Å². The molecule has 3 heterocycles. The number of rotatable bonds is 8. The van der Waals surface area contributed by atoms with Crippen LogP contribution in [0.4, 0.5) is 5.82 Å². The minimum atomic E-state index is -0.343. The summed E-state index contributed by atoms with van der Waals surface area (Å²) >= 11 is 0. The summed E-state index contributed by atoms with van der Waals surface area (Å²) in [5.41, 5.74) is 2.28. The third kappa shape index (κ3) is 4.08. The minimum Gasteiger partial charge on any atom is -0.485 e. The van der Waals surface area contributed by atoms with Gasteiger partial charge >= 0.3 is 5.97 Å². The summed E-state index contributed by atoms with van der Waals surface area (Å²) in [4.78, 5) is 16.6. The first-order valence-corrected chi connectivity index (χ1v) is 9.37. The molecule has 3 aromatic heterocycles. The van der Waals surface area contributed by atoms with Crippen molar-refractivity contribution in [1.29, 1.82) is 0 Å². The number of hydrogen-bond donors (Lipinski definition) is 1. The van der Waals surface area contributed by atoms with Crippen LogP contribution in [0.3, 0.4) is 0 Å². The highest BCUT2D eigenvalue weighted by atomic mass is 16.5. The van der Waals surface area contributed by atoms with E-state index in [4.69, 9.17) is 18.9 Å². The number of nitrogens with zero attached hydrogens (tertiary/aromatic N) is 2. The van der Waals surface area contributed by atoms with Gasteiger partial charge in [0.25, 0.3) is 0 Å². The number of fused-ring (bicyclic) bond motifs is 1. The molecule has 0 aliphatic rings. The van der Waals surface area contributed by atoms with E-state index in [-0.39, 0.29) is 12.5 Å². The van der Waals surface area contributed by atoms with E-state index in [9.17, 15) is 4.79 Å². The van der Waals surface area contributed by atoms with Gasteiger partial charge in [0.05, 0.1) is 12.9 Å². The maximum absolute atomic E-state index is 11.8. The quantitative estimate of drug-likeness (QED) is 0.455. The molecule has 1 aromatic carbocycles. The van der Waals surface area contributed by atoms with Gasteiger partial charge in [0.1, 0.15) is 24.7 Å². The summed E-state index contributed by atoms with van der Waals surface area (Å²) in [6.07, 6.45) is 3.44. The van der Waals surface area contributed by atoms with E-state index in [0.29, 0.717) is 41.9 Å².